The Morgan fingerprint density at radius 3 is 1.84 bits per heavy atom. The molecule has 12 nitrogen and oxygen atoms in total. The fraction of sp³-hybridized carbons (Fsp3) is 0.0233. The number of anilines is 2. The van der Waals surface area contributed by atoms with Gasteiger partial charge in [-0.1, -0.05) is 60.7 Å². The third-order valence-corrected chi connectivity index (χ3v) is 10.0. The summed E-state index contributed by atoms with van der Waals surface area (Å²) < 4.78 is 34.1. The number of hydrogen-bond donors (Lipinski definition) is 4. The average molecular weight is 758 g/mol. The molecule has 0 atom stereocenters. The Kier molecular flexibility index (Phi) is 9.44. The summed E-state index contributed by atoms with van der Waals surface area (Å²) in [6, 6.07) is 42.6. The molecule has 4 N–H and O–H groups in total. The molecule has 0 radical (unpaired) electrons. The van der Waals surface area contributed by atoms with Crippen LogP contribution in [0.1, 0.15) is 5.56 Å². The quantitative estimate of drug-likeness (QED) is 0.0839. The highest BCUT2D eigenvalue weighted by Gasteiger charge is 2.19. The van der Waals surface area contributed by atoms with Crippen molar-refractivity contribution < 1.29 is 23.2 Å². The Morgan fingerprint density at radius 2 is 1.12 bits per heavy atom. The van der Waals surface area contributed by atoms with E-state index in [0.29, 0.717) is 33.8 Å². The van der Waals surface area contributed by atoms with E-state index < -0.39 is 10.1 Å². The van der Waals surface area contributed by atoms with Gasteiger partial charge in [-0.05, 0) is 103 Å². The normalized spacial score (nSPS) is 12.2. The van der Waals surface area contributed by atoms with Crippen LogP contribution >= 0.6 is 0 Å². The van der Waals surface area contributed by atoms with Crippen LogP contribution in [0.2, 0.25) is 0 Å². The maximum Gasteiger partial charge on any atom is 0.295 e. The van der Waals surface area contributed by atoms with E-state index in [1.54, 1.807) is 42.5 Å². The van der Waals surface area contributed by atoms with Crippen molar-refractivity contribution in [2.24, 2.45) is 30.7 Å². The van der Waals surface area contributed by atoms with Crippen LogP contribution in [-0.4, -0.2) is 23.2 Å². The molecule has 0 aliphatic carbocycles. The minimum atomic E-state index is -4.61. The van der Waals surface area contributed by atoms with Crippen LogP contribution < -0.4 is 5.32 Å². The van der Waals surface area contributed by atoms with E-state index in [2.05, 4.69) is 36.0 Å². The molecule has 0 saturated carbocycles. The van der Waals surface area contributed by atoms with Crippen LogP contribution in [0.3, 0.4) is 0 Å². The minimum absolute atomic E-state index is 0.0412. The summed E-state index contributed by atoms with van der Waals surface area (Å²) in [5.41, 5.74) is 5.45. The average Bonchev–Trinajstić information content (AvgIpc) is 3.20. The zero-order valence-corrected chi connectivity index (χ0v) is 30.4. The van der Waals surface area contributed by atoms with Crippen molar-refractivity contribution in [3.05, 3.63) is 151 Å². The van der Waals surface area contributed by atoms with Gasteiger partial charge in [0.25, 0.3) is 10.1 Å². The molecular weight excluding hydrogens is 727 g/mol. The van der Waals surface area contributed by atoms with Crippen LogP contribution in [0.15, 0.2) is 181 Å². The maximum atomic E-state index is 12.1. The first-order valence-corrected chi connectivity index (χ1v) is 18.7. The van der Waals surface area contributed by atoms with Crippen LogP contribution in [-0.2, 0) is 10.1 Å². The number of hydrogen-bond acceptors (Lipinski definition) is 11. The lowest BCUT2D eigenvalue weighted by atomic mass is 10.1. The van der Waals surface area contributed by atoms with E-state index in [9.17, 15) is 23.2 Å². The van der Waals surface area contributed by atoms with Crippen molar-refractivity contribution in [2.45, 2.75) is 11.8 Å². The van der Waals surface area contributed by atoms with E-state index in [0.717, 1.165) is 39.2 Å². The number of phenolic OH excluding ortho intramolecular Hbond substituents is 2. The Bertz CT molecular complexity index is 3020. The number of nitrogens with zero attached hydrogens (tertiary/aromatic N) is 6. The van der Waals surface area contributed by atoms with Gasteiger partial charge in [-0.25, -0.2) is 0 Å². The van der Waals surface area contributed by atoms with Crippen molar-refractivity contribution in [2.75, 3.05) is 5.32 Å². The molecular formula is C43H31N7O5S. The molecule has 0 aliphatic heterocycles. The highest BCUT2D eigenvalue weighted by atomic mass is 32.2. The molecule has 0 saturated heterocycles. The fourth-order valence-electron chi connectivity index (χ4n) is 6.37. The summed E-state index contributed by atoms with van der Waals surface area (Å²) in [6.45, 7) is 1.89. The topological polar surface area (TPSA) is 181 Å². The summed E-state index contributed by atoms with van der Waals surface area (Å²) in [6.07, 6.45) is 0. The number of para-hydroxylation sites is 1. The number of aryl methyl sites for hydroxylation is 1. The van der Waals surface area contributed by atoms with E-state index in [4.69, 9.17) is 0 Å². The Balaban J connectivity index is 1.02. The molecule has 13 heteroatoms. The maximum absolute atomic E-state index is 12.1. The number of benzene rings is 8. The molecule has 0 fully saturated rings. The highest BCUT2D eigenvalue weighted by molar-refractivity contribution is 7.86. The van der Waals surface area contributed by atoms with E-state index in [1.807, 2.05) is 91.9 Å². The van der Waals surface area contributed by atoms with E-state index >= 15 is 0 Å². The molecule has 8 rings (SSSR count). The van der Waals surface area contributed by atoms with Crippen LogP contribution in [0.5, 0.6) is 11.5 Å². The lowest BCUT2D eigenvalue weighted by Crippen LogP contribution is -1.99. The third-order valence-electron chi connectivity index (χ3n) is 9.13. The summed E-state index contributed by atoms with van der Waals surface area (Å²) in [4.78, 5) is -0.386. The fourth-order valence-corrected chi connectivity index (χ4v) is 7.08. The van der Waals surface area contributed by atoms with Crippen molar-refractivity contribution in [3.8, 4) is 11.5 Å². The van der Waals surface area contributed by atoms with Crippen LogP contribution in [0.4, 0.5) is 45.5 Å². The number of fused-ring (bicyclic) bond motifs is 3. The number of nitrogens with one attached hydrogen (secondary N) is 1. The Morgan fingerprint density at radius 1 is 0.500 bits per heavy atom. The molecule has 0 heterocycles. The number of phenols is 2. The molecule has 0 bridgehead atoms. The first-order valence-electron chi connectivity index (χ1n) is 17.3. The molecule has 8 aromatic carbocycles. The molecule has 0 unspecified atom stereocenters. The van der Waals surface area contributed by atoms with Crippen molar-refractivity contribution >= 4 is 87.9 Å². The molecule has 0 amide bonds. The Hall–Kier alpha value is -7.35. The van der Waals surface area contributed by atoms with Crippen molar-refractivity contribution in [1.82, 2.24) is 0 Å². The van der Waals surface area contributed by atoms with Gasteiger partial charge in [0.15, 0.2) is 5.75 Å². The number of rotatable bonds is 9. The second-order valence-electron chi connectivity index (χ2n) is 12.8. The van der Waals surface area contributed by atoms with Gasteiger partial charge < -0.3 is 15.5 Å². The van der Waals surface area contributed by atoms with Crippen molar-refractivity contribution in [1.29, 1.82) is 0 Å². The lowest BCUT2D eigenvalue weighted by Gasteiger charge is -2.09. The Labute approximate surface area is 320 Å². The molecule has 274 valence electrons. The highest BCUT2D eigenvalue weighted by Crippen LogP contribution is 2.41. The smallest absolute Gasteiger partial charge is 0.295 e. The van der Waals surface area contributed by atoms with Gasteiger partial charge in [-0.15, -0.1) is 20.5 Å². The molecule has 8 aromatic rings. The first-order chi connectivity index (χ1) is 27.1. The summed E-state index contributed by atoms with van der Waals surface area (Å²) in [5, 5.41) is 54.5. The van der Waals surface area contributed by atoms with Crippen LogP contribution in [0.25, 0.3) is 32.3 Å². The molecule has 0 aromatic heterocycles. The largest absolute Gasteiger partial charge is 0.507 e. The SMILES string of the molecule is Cc1cc(N=Nc2ccc3cc(Nc4ccccc4)ccc3c2O)ccc1N=Nc1ccc(N=Nc2cccc3c(O)ccc(S(=O)(=O)O)c23)c2ccccc12. The van der Waals surface area contributed by atoms with Gasteiger partial charge in [-0.2, -0.15) is 18.6 Å². The minimum Gasteiger partial charge on any atom is -0.507 e. The second kappa shape index (κ2) is 14.8. The zero-order chi connectivity index (χ0) is 38.8. The summed E-state index contributed by atoms with van der Waals surface area (Å²) >= 11 is 0. The standard InChI is InChI=1S/C43H31N7O5S/c1-26-24-30(45-50-39-18-14-27-25-29(15-17-31(27)43(39)52)44-28-8-3-2-4-9-28)16-19-35(26)46-47-36-20-21-37(33-11-6-5-10-32(33)36)48-49-38-13-7-12-34-40(51)22-23-41(42(34)38)56(53,54)55/h2-25,44,51-52H,1H3,(H,53,54,55). The van der Waals surface area contributed by atoms with Crippen LogP contribution in [0, 0.1) is 6.92 Å². The van der Waals surface area contributed by atoms with Gasteiger partial charge in [0, 0.05) is 38.3 Å². The molecule has 0 spiro atoms. The van der Waals surface area contributed by atoms with E-state index in [-0.39, 0.29) is 32.9 Å². The van der Waals surface area contributed by atoms with Crippen molar-refractivity contribution in [3.63, 3.8) is 0 Å². The first kappa shape index (κ1) is 35.7. The summed E-state index contributed by atoms with van der Waals surface area (Å²) in [5.74, 6) is -0.119. The van der Waals surface area contributed by atoms with Gasteiger partial charge >= 0.3 is 0 Å². The monoisotopic (exact) mass is 757 g/mol. The summed E-state index contributed by atoms with van der Waals surface area (Å²) in [7, 11) is -4.61. The third kappa shape index (κ3) is 7.27. The zero-order valence-electron chi connectivity index (χ0n) is 29.6. The van der Waals surface area contributed by atoms with Gasteiger partial charge in [-0.3, -0.25) is 4.55 Å². The second-order valence-corrected chi connectivity index (χ2v) is 14.2. The number of aromatic hydroxyl groups is 2. The predicted octanol–water partition coefficient (Wildman–Crippen LogP) is 13.1. The lowest BCUT2D eigenvalue weighted by molar-refractivity contribution is 0.479. The predicted molar refractivity (Wildman–Crippen MR) is 218 cm³/mol. The van der Waals surface area contributed by atoms with Gasteiger partial charge in [0.05, 0.1) is 28.4 Å². The van der Waals surface area contributed by atoms with Gasteiger partial charge in [0.2, 0.25) is 0 Å². The molecule has 56 heavy (non-hydrogen) atoms. The molecule has 0 aliphatic rings. The number of azo groups is 3. The van der Waals surface area contributed by atoms with E-state index in [1.165, 1.54) is 12.1 Å². The van der Waals surface area contributed by atoms with Gasteiger partial charge in [0.1, 0.15) is 16.3 Å².